The van der Waals surface area contributed by atoms with Crippen LogP contribution in [0, 0.1) is 6.92 Å². The summed E-state index contributed by atoms with van der Waals surface area (Å²) >= 11 is 0. The average Bonchev–Trinajstić information content (AvgIpc) is 2.90. The van der Waals surface area contributed by atoms with Crippen LogP contribution in [0.1, 0.15) is 25.0 Å². The van der Waals surface area contributed by atoms with Crippen molar-refractivity contribution in [1.82, 2.24) is 19.2 Å². The normalized spacial score (nSPS) is 16.2. The molecule has 3 heterocycles. The molecule has 1 aromatic carbocycles. The van der Waals surface area contributed by atoms with Gasteiger partial charge in [-0.25, -0.2) is 0 Å². The van der Waals surface area contributed by atoms with E-state index in [1.54, 1.807) is 0 Å². The highest BCUT2D eigenvalue weighted by Crippen LogP contribution is 2.25. The van der Waals surface area contributed by atoms with Gasteiger partial charge in [0, 0.05) is 36.3 Å². The van der Waals surface area contributed by atoms with Crippen LogP contribution < -0.4 is 5.56 Å². The monoisotopic (exact) mass is 324 g/mol. The number of pyridine rings is 1. The Kier molecular flexibility index (Phi) is 3.88. The van der Waals surface area contributed by atoms with E-state index in [9.17, 15) is 4.79 Å². The molecule has 0 aliphatic carbocycles. The highest BCUT2D eigenvalue weighted by atomic mass is 16.1. The molecule has 1 aliphatic heterocycles. The summed E-state index contributed by atoms with van der Waals surface area (Å²) in [6, 6.07) is 7.89. The highest BCUT2D eigenvalue weighted by molar-refractivity contribution is 6.05. The minimum atomic E-state index is 0.0955. The molecule has 0 spiro atoms. The van der Waals surface area contributed by atoms with E-state index in [1.165, 1.54) is 19.3 Å². The molecular formula is C19H24N4O. The molecule has 1 aliphatic rings. The van der Waals surface area contributed by atoms with Crippen molar-refractivity contribution in [2.75, 3.05) is 19.6 Å². The third-order valence-electron chi connectivity index (χ3n) is 5.21. The molecule has 0 amide bonds. The lowest BCUT2D eigenvalue weighted by molar-refractivity contribution is 0.221. The third kappa shape index (κ3) is 2.44. The second-order valence-electron chi connectivity index (χ2n) is 6.81. The van der Waals surface area contributed by atoms with E-state index in [0.717, 1.165) is 53.7 Å². The van der Waals surface area contributed by atoms with Crippen LogP contribution in [-0.2, 0) is 13.6 Å². The number of aryl methyl sites for hydroxylation is 2. The summed E-state index contributed by atoms with van der Waals surface area (Å²) in [5.74, 6) is 0. The quantitative estimate of drug-likeness (QED) is 0.744. The Morgan fingerprint density at radius 2 is 1.75 bits per heavy atom. The minimum Gasteiger partial charge on any atom is -0.302 e. The van der Waals surface area contributed by atoms with Crippen molar-refractivity contribution in [1.29, 1.82) is 0 Å². The summed E-state index contributed by atoms with van der Waals surface area (Å²) in [5, 5.41) is 7.49. The molecule has 1 fully saturated rings. The van der Waals surface area contributed by atoms with Crippen molar-refractivity contribution in [3.63, 3.8) is 0 Å². The topological polar surface area (TPSA) is 43.1 Å². The molecule has 1 saturated heterocycles. The second kappa shape index (κ2) is 6.06. The number of benzene rings is 1. The first-order valence-corrected chi connectivity index (χ1v) is 8.84. The average molecular weight is 324 g/mol. The van der Waals surface area contributed by atoms with E-state index < -0.39 is 0 Å². The summed E-state index contributed by atoms with van der Waals surface area (Å²) in [5.41, 5.74) is 2.02. The maximum Gasteiger partial charge on any atom is 0.260 e. The zero-order chi connectivity index (χ0) is 16.7. The largest absolute Gasteiger partial charge is 0.302 e. The minimum absolute atomic E-state index is 0.0955. The van der Waals surface area contributed by atoms with Crippen LogP contribution in [0.25, 0.3) is 21.8 Å². The summed E-state index contributed by atoms with van der Waals surface area (Å²) in [7, 11) is 1.93. The standard InChI is InChI=1S/C19H24N4O/c1-14-17-15-8-4-5-9-16(15)19(24)23(18(17)21(2)20-14)13-12-22-10-6-3-7-11-22/h4-5,8-9H,3,6-7,10-13H2,1-2H3. The van der Waals surface area contributed by atoms with Gasteiger partial charge in [-0.15, -0.1) is 0 Å². The van der Waals surface area contributed by atoms with Crippen molar-refractivity contribution >= 4 is 21.8 Å². The predicted molar refractivity (Wildman–Crippen MR) is 97.5 cm³/mol. The fraction of sp³-hybridized carbons (Fsp3) is 0.474. The van der Waals surface area contributed by atoms with Gasteiger partial charge >= 0.3 is 0 Å². The molecule has 0 radical (unpaired) electrons. The van der Waals surface area contributed by atoms with Crippen LogP contribution in [-0.4, -0.2) is 38.9 Å². The second-order valence-corrected chi connectivity index (χ2v) is 6.81. The molecule has 0 atom stereocenters. The highest BCUT2D eigenvalue weighted by Gasteiger charge is 2.17. The number of likely N-dealkylation sites (tertiary alicyclic amines) is 1. The first-order chi connectivity index (χ1) is 11.7. The fourth-order valence-corrected chi connectivity index (χ4v) is 4.03. The van der Waals surface area contributed by atoms with Gasteiger partial charge in [-0.2, -0.15) is 5.10 Å². The number of aromatic nitrogens is 3. The zero-order valence-corrected chi connectivity index (χ0v) is 14.5. The van der Waals surface area contributed by atoms with E-state index in [4.69, 9.17) is 0 Å². The van der Waals surface area contributed by atoms with Gasteiger partial charge in [0.15, 0.2) is 0 Å². The van der Waals surface area contributed by atoms with Crippen molar-refractivity contribution in [2.24, 2.45) is 7.05 Å². The Morgan fingerprint density at radius 3 is 2.50 bits per heavy atom. The Labute approximate surface area is 141 Å². The first kappa shape index (κ1) is 15.4. The lowest BCUT2D eigenvalue weighted by Crippen LogP contribution is -2.35. The van der Waals surface area contributed by atoms with Crippen LogP contribution in [0.2, 0.25) is 0 Å². The molecule has 4 rings (SSSR count). The van der Waals surface area contributed by atoms with E-state index in [1.807, 2.05) is 47.5 Å². The van der Waals surface area contributed by atoms with Crippen molar-refractivity contribution in [3.05, 3.63) is 40.3 Å². The van der Waals surface area contributed by atoms with Gasteiger partial charge in [-0.05, 0) is 38.9 Å². The molecule has 2 aromatic heterocycles. The van der Waals surface area contributed by atoms with Crippen LogP contribution in [0.5, 0.6) is 0 Å². The van der Waals surface area contributed by atoms with Crippen molar-refractivity contribution in [2.45, 2.75) is 32.7 Å². The number of nitrogens with zero attached hydrogens (tertiary/aromatic N) is 4. The van der Waals surface area contributed by atoms with Crippen LogP contribution in [0.3, 0.4) is 0 Å². The van der Waals surface area contributed by atoms with Crippen LogP contribution in [0.4, 0.5) is 0 Å². The Balaban J connectivity index is 1.86. The van der Waals surface area contributed by atoms with Gasteiger partial charge in [-0.1, -0.05) is 24.6 Å². The molecule has 5 heteroatoms. The van der Waals surface area contributed by atoms with Gasteiger partial charge in [0.05, 0.1) is 5.69 Å². The molecule has 0 saturated carbocycles. The SMILES string of the molecule is Cc1nn(C)c2c1c1ccccc1c(=O)n2CCN1CCCCC1. The van der Waals surface area contributed by atoms with Gasteiger partial charge < -0.3 is 4.90 Å². The number of hydrogen-bond donors (Lipinski definition) is 0. The smallest absolute Gasteiger partial charge is 0.260 e. The lowest BCUT2D eigenvalue weighted by atomic mass is 10.1. The number of fused-ring (bicyclic) bond motifs is 3. The Bertz CT molecular complexity index is 947. The number of rotatable bonds is 3. The van der Waals surface area contributed by atoms with E-state index in [2.05, 4.69) is 10.00 Å². The Hall–Kier alpha value is -2.14. The maximum absolute atomic E-state index is 13.1. The molecule has 0 N–H and O–H groups in total. The fourth-order valence-electron chi connectivity index (χ4n) is 4.03. The van der Waals surface area contributed by atoms with E-state index in [-0.39, 0.29) is 5.56 Å². The van der Waals surface area contributed by atoms with Gasteiger partial charge in [0.1, 0.15) is 5.65 Å². The molecule has 24 heavy (non-hydrogen) atoms. The van der Waals surface area contributed by atoms with Gasteiger partial charge in [0.25, 0.3) is 5.56 Å². The molecule has 0 bridgehead atoms. The van der Waals surface area contributed by atoms with Gasteiger partial charge in [0.2, 0.25) is 0 Å². The summed E-state index contributed by atoms with van der Waals surface area (Å²) in [4.78, 5) is 15.6. The zero-order valence-electron chi connectivity index (χ0n) is 14.5. The summed E-state index contributed by atoms with van der Waals surface area (Å²) in [6.07, 6.45) is 3.87. The van der Waals surface area contributed by atoms with Crippen LogP contribution >= 0.6 is 0 Å². The molecular weight excluding hydrogens is 300 g/mol. The van der Waals surface area contributed by atoms with E-state index in [0.29, 0.717) is 0 Å². The maximum atomic E-state index is 13.1. The number of hydrogen-bond acceptors (Lipinski definition) is 3. The third-order valence-corrected chi connectivity index (χ3v) is 5.21. The summed E-state index contributed by atoms with van der Waals surface area (Å²) < 4.78 is 3.78. The van der Waals surface area contributed by atoms with Crippen molar-refractivity contribution < 1.29 is 0 Å². The Morgan fingerprint density at radius 1 is 1.04 bits per heavy atom. The molecule has 3 aromatic rings. The van der Waals surface area contributed by atoms with E-state index >= 15 is 0 Å². The van der Waals surface area contributed by atoms with Crippen molar-refractivity contribution in [3.8, 4) is 0 Å². The van der Waals surface area contributed by atoms with Gasteiger partial charge in [-0.3, -0.25) is 14.0 Å². The summed E-state index contributed by atoms with van der Waals surface area (Å²) in [6.45, 7) is 5.97. The molecule has 0 unspecified atom stereocenters. The molecule has 126 valence electrons. The lowest BCUT2D eigenvalue weighted by Gasteiger charge is -2.26. The van der Waals surface area contributed by atoms with Crippen LogP contribution in [0.15, 0.2) is 29.1 Å². The predicted octanol–water partition coefficient (Wildman–Crippen LogP) is 2.68. The number of piperidine rings is 1. The molecule has 5 nitrogen and oxygen atoms in total. The first-order valence-electron chi connectivity index (χ1n) is 8.84.